The first-order chi connectivity index (χ1) is 8.08. The quantitative estimate of drug-likeness (QED) is 0.710. The lowest BCUT2D eigenvalue weighted by Gasteiger charge is -2.25. The average Bonchev–Trinajstić information content (AvgIpc) is 2.35. The largest absolute Gasteiger partial charge is 0.480 e. The van der Waals surface area contributed by atoms with Crippen molar-refractivity contribution in [3.8, 4) is 0 Å². The molecule has 0 saturated carbocycles. The monoisotopic (exact) mass is 233 g/mol. The molecule has 17 heavy (non-hydrogen) atoms. The van der Waals surface area contributed by atoms with Gasteiger partial charge < -0.3 is 5.11 Å². The van der Waals surface area contributed by atoms with E-state index in [1.807, 2.05) is 30.3 Å². The minimum Gasteiger partial charge on any atom is -0.480 e. The molecule has 0 radical (unpaired) electrons. The molecule has 0 bridgehead atoms. The highest BCUT2D eigenvalue weighted by atomic mass is 16.4. The standard InChI is InChI=1S/C14H19NO2/c1-3-11-15-14(2,13(16)17)10-9-12-7-5-4-6-8-12/h3-8,15H,1,9-11H2,2H3,(H,16,17). The molecule has 0 aliphatic carbocycles. The summed E-state index contributed by atoms with van der Waals surface area (Å²) in [6.07, 6.45) is 2.97. The van der Waals surface area contributed by atoms with Crippen molar-refractivity contribution >= 4 is 5.97 Å². The first-order valence-electron chi connectivity index (χ1n) is 5.72. The molecule has 3 nitrogen and oxygen atoms in total. The van der Waals surface area contributed by atoms with Crippen LogP contribution < -0.4 is 5.32 Å². The van der Waals surface area contributed by atoms with E-state index in [2.05, 4.69) is 11.9 Å². The van der Waals surface area contributed by atoms with Crippen LogP contribution in [0.4, 0.5) is 0 Å². The van der Waals surface area contributed by atoms with Crippen LogP contribution in [-0.2, 0) is 11.2 Å². The van der Waals surface area contributed by atoms with Crippen molar-refractivity contribution in [1.82, 2.24) is 5.32 Å². The van der Waals surface area contributed by atoms with Crippen LogP contribution in [0.5, 0.6) is 0 Å². The summed E-state index contributed by atoms with van der Waals surface area (Å²) in [4.78, 5) is 11.3. The van der Waals surface area contributed by atoms with E-state index in [0.717, 1.165) is 12.0 Å². The summed E-state index contributed by atoms with van der Waals surface area (Å²) in [5.74, 6) is -0.824. The Kier molecular flexibility index (Phi) is 4.91. The van der Waals surface area contributed by atoms with E-state index in [1.165, 1.54) is 0 Å². The van der Waals surface area contributed by atoms with Crippen LogP contribution >= 0.6 is 0 Å². The van der Waals surface area contributed by atoms with Gasteiger partial charge in [0.2, 0.25) is 0 Å². The maximum absolute atomic E-state index is 11.3. The van der Waals surface area contributed by atoms with Gasteiger partial charge in [0.1, 0.15) is 5.54 Å². The summed E-state index contributed by atoms with van der Waals surface area (Å²) in [5.41, 5.74) is 0.254. The Morgan fingerprint density at radius 1 is 1.47 bits per heavy atom. The molecule has 0 spiro atoms. The van der Waals surface area contributed by atoms with E-state index in [9.17, 15) is 9.90 Å². The third-order valence-corrected chi connectivity index (χ3v) is 2.87. The van der Waals surface area contributed by atoms with Crippen molar-refractivity contribution in [2.45, 2.75) is 25.3 Å². The van der Waals surface area contributed by atoms with Crippen LogP contribution in [0.15, 0.2) is 43.0 Å². The molecule has 0 aromatic heterocycles. The number of hydrogen-bond donors (Lipinski definition) is 2. The van der Waals surface area contributed by atoms with E-state index < -0.39 is 11.5 Å². The van der Waals surface area contributed by atoms with Gasteiger partial charge in [-0.25, -0.2) is 0 Å². The van der Waals surface area contributed by atoms with Gasteiger partial charge in [-0.1, -0.05) is 36.4 Å². The van der Waals surface area contributed by atoms with E-state index in [0.29, 0.717) is 13.0 Å². The molecule has 1 rings (SSSR count). The van der Waals surface area contributed by atoms with Crippen LogP contribution in [-0.4, -0.2) is 23.2 Å². The van der Waals surface area contributed by atoms with Crippen molar-refractivity contribution in [3.05, 3.63) is 48.6 Å². The molecule has 2 N–H and O–H groups in total. The topological polar surface area (TPSA) is 49.3 Å². The molecule has 0 aliphatic rings. The number of aliphatic carboxylic acids is 1. The molecule has 1 aromatic rings. The number of aryl methyl sites for hydroxylation is 1. The second-order valence-corrected chi connectivity index (χ2v) is 4.29. The number of carbonyl (C=O) groups is 1. The van der Waals surface area contributed by atoms with Gasteiger partial charge in [0.25, 0.3) is 0 Å². The molecule has 0 heterocycles. The van der Waals surface area contributed by atoms with Gasteiger partial charge in [0.05, 0.1) is 0 Å². The predicted molar refractivity (Wildman–Crippen MR) is 69.0 cm³/mol. The minimum atomic E-state index is -0.899. The number of carboxylic acid groups (broad SMARTS) is 1. The SMILES string of the molecule is C=CCNC(C)(CCc1ccccc1)C(=O)O. The predicted octanol–water partition coefficient (Wildman–Crippen LogP) is 2.24. The normalized spacial score (nSPS) is 13.9. The Morgan fingerprint density at radius 2 is 2.12 bits per heavy atom. The highest BCUT2D eigenvalue weighted by molar-refractivity contribution is 5.78. The van der Waals surface area contributed by atoms with Gasteiger partial charge in [-0.3, -0.25) is 10.1 Å². The third-order valence-electron chi connectivity index (χ3n) is 2.87. The highest BCUT2D eigenvalue weighted by Gasteiger charge is 2.31. The summed E-state index contributed by atoms with van der Waals surface area (Å²) in [7, 11) is 0. The van der Waals surface area contributed by atoms with Crippen molar-refractivity contribution in [1.29, 1.82) is 0 Å². The van der Waals surface area contributed by atoms with E-state index in [1.54, 1.807) is 13.0 Å². The summed E-state index contributed by atoms with van der Waals surface area (Å²) >= 11 is 0. The molecule has 1 atom stereocenters. The Hall–Kier alpha value is -1.61. The Labute approximate surface area is 102 Å². The van der Waals surface area contributed by atoms with Gasteiger partial charge in [0.15, 0.2) is 0 Å². The Balaban J connectivity index is 2.61. The Morgan fingerprint density at radius 3 is 2.65 bits per heavy atom. The lowest BCUT2D eigenvalue weighted by Crippen LogP contribution is -2.49. The fourth-order valence-corrected chi connectivity index (χ4v) is 1.61. The first-order valence-corrected chi connectivity index (χ1v) is 5.72. The molecular weight excluding hydrogens is 214 g/mol. The van der Waals surface area contributed by atoms with Crippen molar-refractivity contribution in [3.63, 3.8) is 0 Å². The van der Waals surface area contributed by atoms with Gasteiger partial charge in [0, 0.05) is 6.54 Å². The number of carboxylic acids is 1. The van der Waals surface area contributed by atoms with Crippen LogP contribution in [0.1, 0.15) is 18.9 Å². The fraction of sp³-hybridized carbons (Fsp3) is 0.357. The minimum absolute atomic E-state index is 0.498. The summed E-state index contributed by atoms with van der Waals surface area (Å²) < 4.78 is 0. The number of nitrogens with one attached hydrogen (secondary N) is 1. The second-order valence-electron chi connectivity index (χ2n) is 4.29. The molecule has 0 fully saturated rings. The molecule has 92 valence electrons. The van der Waals surface area contributed by atoms with Crippen molar-refractivity contribution in [2.24, 2.45) is 0 Å². The fourth-order valence-electron chi connectivity index (χ4n) is 1.61. The lowest BCUT2D eigenvalue weighted by molar-refractivity contribution is -0.144. The Bertz CT molecular complexity index is 375. The maximum Gasteiger partial charge on any atom is 0.323 e. The summed E-state index contributed by atoms with van der Waals surface area (Å²) in [6.45, 7) is 5.79. The number of rotatable bonds is 7. The van der Waals surface area contributed by atoms with E-state index >= 15 is 0 Å². The average molecular weight is 233 g/mol. The van der Waals surface area contributed by atoms with Gasteiger partial charge in [-0.05, 0) is 25.3 Å². The molecule has 0 saturated heterocycles. The smallest absolute Gasteiger partial charge is 0.323 e. The lowest BCUT2D eigenvalue weighted by atomic mass is 9.93. The van der Waals surface area contributed by atoms with Crippen LogP contribution in [0, 0.1) is 0 Å². The summed E-state index contributed by atoms with van der Waals surface area (Å²) in [6, 6.07) is 9.90. The maximum atomic E-state index is 11.3. The highest BCUT2D eigenvalue weighted by Crippen LogP contribution is 2.14. The summed E-state index contributed by atoms with van der Waals surface area (Å²) in [5, 5.41) is 12.2. The van der Waals surface area contributed by atoms with Crippen LogP contribution in [0.25, 0.3) is 0 Å². The van der Waals surface area contributed by atoms with Crippen molar-refractivity contribution in [2.75, 3.05) is 6.54 Å². The molecular formula is C14H19NO2. The van der Waals surface area contributed by atoms with Crippen molar-refractivity contribution < 1.29 is 9.90 Å². The van der Waals surface area contributed by atoms with E-state index in [4.69, 9.17) is 0 Å². The van der Waals surface area contributed by atoms with Crippen LogP contribution in [0.2, 0.25) is 0 Å². The number of hydrogen-bond acceptors (Lipinski definition) is 2. The molecule has 3 heteroatoms. The molecule has 0 aliphatic heterocycles. The van der Waals surface area contributed by atoms with Crippen LogP contribution in [0.3, 0.4) is 0 Å². The van der Waals surface area contributed by atoms with Gasteiger partial charge in [-0.2, -0.15) is 0 Å². The molecule has 1 aromatic carbocycles. The third kappa shape index (κ3) is 4.04. The zero-order valence-corrected chi connectivity index (χ0v) is 10.1. The molecule has 1 unspecified atom stereocenters. The zero-order chi connectivity index (χ0) is 12.7. The van der Waals surface area contributed by atoms with Gasteiger partial charge in [-0.15, -0.1) is 6.58 Å². The van der Waals surface area contributed by atoms with E-state index in [-0.39, 0.29) is 0 Å². The molecule has 0 amide bonds. The first kappa shape index (κ1) is 13.5. The zero-order valence-electron chi connectivity index (χ0n) is 10.1. The second kappa shape index (κ2) is 6.21. The number of benzene rings is 1. The van der Waals surface area contributed by atoms with Gasteiger partial charge >= 0.3 is 5.97 Å².